The van der Waals surface area contributed by atoms with E-state index in [4.69, 9.17) is 0 Å². The molecule has 3 heteroatoms. The largest absolute Gasteiger partial charge is 0.359 e. The topological polar surface area (TPSA) is 40.5 Å². The minimum Gasteiger partial charge on any atom is -0.359 e. The highest BCUT2D eigenvalue weighted by molar-refractivity contribution is 6.02. The number of nitrogens with one attached hydrogen (secondary N) is 1. The molecule has 0 spiro atoms. The van der Waals surface area contributed by atoms with Crippen molar-refractivity contribution in [3.05, 3.63) is 24.0 Å². The van der Waals surface area contributed by atoms with E-state index in [1.165, 1.54) is 0 Å². The van der Waals surface area contributed by atoms with Crippen LogP contribution in [0.5, 0.6) is 0 Å². The third-order valence-corrected chi connectivity index (χ3v) is 1.57. The van der Waals surface area contributed by atoms with Crippen molar-refractivity contribution >= 4 is 12.1 Å². The highest BCUT2D eigenvalue weighted by atomic mass is 15.0. The fraction of sp³-hybridized carbons (Fsp3) is 0.250. The minimum atomic E-state index is 0.821. The van der Waals surface area contributed by atoms with Gasteiger partial charge in [-0.05, 0) is 12.1 Å². The average Bonchev–Trinajstić information content (AvgIpc) is 2.58. The molecule has 0 amide bonds. The van der Waals surface area contributed by atoms with Gasteiger partial charge in [0.25, 0.3) is 0 Å². The highest BCUT2D eigenvalue weighted by Gasteiger charge is 2.02. The monoisotopic (exact) mass is 147 g/mol. The fourth-order valence-corrected chi connectivity index (χ4v) is 1.04. The van der Waals surface area contributed by atoms with Crippen LogP contribution in [0.4, 0.5) is 0 Å². The molecule has 0 aliphatic carbocycles. The van der Waals surface area contributed by atoms with Crippen LogP contribution in [-0.2, 0) is 0 Å². The summed E-state index contributed by atoms with van der Waals surface area (Å²) in [5.41, 5.74) is 1.00. The first-order valence-corrected chi connectivity index (χ1v) is 3.67. The second-order valence-corrected chi connectivity index (χ2v) is 2.39. The van der Waals surface area contributed by atoms with E-state index in [-0.39, 0.29) is 0 Å². The third kappa shape index (κ3) is 1.22. The molecule has 2 heterocycles. The first-order valence-electron chi connectivity index (χ1n) is 3.67. The van der Waals surface area contributed by atoms with E-state index in [1.807, 2.05) is 24.5 Å². The molecule has 0 fully saturated rings. The van der Waals surface area contributed by atoms with Crippen LogP contribution in [0.2, 0.25) is 0 Å². The van der Waals surface area contributed by atoms with Crippen LogP contribution in [-0.4, -0.2) is 23.6 Å². The van der Waals surface area contributed by atoms with E-state index in [0.717, 1.165) is 24.5 Å². The van der Waals surface area contributed by atoms with Gasteiger partial charge in [0.1, 0.15) is 0 Å². The number of amidine groups is 1. The van der Waals surface area contributed by atoms with Gasteiger partial charge in [0.05, 0.1) is 5.69 Å². The summed E-state index contributed by atoms with van der Waals surface area (Å²) in [6.07, 6.45) is 4.75. The van der Waals surface area contributed by atoms with Crippen molar-refractivity contribution in [2.24, 2.45) is 9.98 Å². The number of aliphatic imine (C=N–C) groups is 2. The highest BCUT2D eigenvalue weighted by Crippen LogP contribution is 2.02. The summed E-state index contributed by atoms with van der Waals surface area (Å²) >= 11 is 0. The summed E-state index contributed by atoms with van der Waals surface area (Å²) in [5, 5.41) is 0. The average molecular weight is 147 g/mol. The zero-order chi connectivity index (χ0) is 7.52. The SMILES string of the molecule is C1=NC(c2ccc[nH]2)=NCC1. The fourth-order valence-electron chi connectivity index (χ4n) is 1.04. The third-order valence-electron chi connectivity index (χ3n) is 1.57. The van der Waals surface area contributed by atoms with Gasteiger partial charge >= 0.3 is 0 Å². The molecule has 1 aliphatic rings. The van der Waals surface area contributed by atoms with Crippen LogP contribution >= 0.6 is 0 Å². The number of rotatable bonds is 1. The Balaban J connectivity index is 2.29. The molecular formula is C8H9N3. The Morgan fingerprint density at radius 2 is 2.45 bits per heavy atom. The number of hydrogen-bond donors (Lipinski definition) is 1. The molecule has 0 atom stereocenters. The van der Waals surface area contributed by atoms with Crippen molar-refractivity contribution in [3.8, 4) is 0 Å². The van der Waals surface area contributed by atoms with Gasteiger partial charge in [-0.15, -0.1) is 0 Å². The zero-order valence-electron chi connectivity index (χ0n) is 6.12. The molecule has 1 aromatic heterocycles. The van der Waals surface area contributed by atoms with E-state index in [9.17, 15) is 0 Å². The molecule has 0 bridgehead atoms. The number of aromatic amines is 1. The Bertz CT molecular complexity index is 282. The number of nitrogens with zero attached hydrogens (tertiary/aromatic N) is 2. The van der Waals surface area contributed by atoms with Crippen molar-refractivity contribution in [3.63, 3.8) is 0 Å². The lowest BCUT2D eigenvalue weighted by Gasteiger charge is -2.01. The van der Waals surface area contributed by atoms with Crippen LogP contribution in [0.1, 0.15) is 12.1 Å². The van der Waals surface area contributed by atoms with Crippen LogP contribution in [0.25, 0.3) is 0 Å². The maximum absolute atomic E-state index is 4.26. The maximum atomic E-state index is 4.26. The molecule has 56 valence electrons. The summed E-state index contributed by atoms with van der Waals surface area (Å²) < 4.78 is 0. The van der Waals surface area contributed by atoms with Gasteiger partial charge in [-0.2, -0.15) is 0 Å². The van der Waals surface area contributed by atoms with Gasteiger partial charge in [0.15, 0.2) is 5.84 Å². The first-order chi connectivity index (χ1) is 5.47. The standard InChI is InChI=1S/C8H9N3/c1-3-7(9-4-1)8-10-5-2-6-11-8/h1,3-5,9H,2,6H2. The Morgan fingerprint density at radius 3 is 3.09 bits per heavy atom. The number of aromatic nitrogens is 1. The lowest BCUT2D eigenvalue weighted by molar-refractivity contribution is 1.03. The molecule has 3 nitrogen and oxygen atoms in total. The lowest BCUT2D eigenvalue weighted by Crippen LogP contribution is -2.04. The Kier molecular flexibility index (Phi) is 1.55. The summed E-state index contributed by atoms with van der Waals surface area (Å²) in [4.78, 5) is 11.5. The van der Waals surface area contributed by atoms with Gasteiger partial charge in [0.2, 0.25) is 0 Å². The lowest BCUT2D eigenvalue weighted by atomic mass is 10.3. The van der Waals surface area contributed by atoms with Crippen LogP contribution in [0.3, 0.4) is 0 Å². The van der Waals surface area contributed by atoms with E-state index >= 15 is 0 Å². The van der Waals surface area contributed by atoms with Crippen molar-refractivity contribution in [2.45, 2.75) is 6.42 Å². The maximum Gasteiger partial charge on any atom is 0.170 e. The smallest absolute Gasteiger partial charge is 0.170 e. The quantitative estimate of drug-likeness (QED) is 0.620. The van der Waals surface area contributed by atoms with Gasteiger partial charge in [-0.25, -0.2) is 4.99 Å². The molecule has 0 radical (unpaired) electrons. The summed E-state index contributed by atoms with van der Waals surface area (Å²) in [6, 6.07) is 3.92. The molecule has 0 saturated heterocycles. The number of hydrogen-bond acceptors (Lipinski definition) is 2. The summed E-state index contributed by atoms with van der Waals surface area (Å²) in [7, 11) is 0. The molecule has 1 aromatic rings. The second kappa shape index (κ2) is 2.70. The van der Waals surface area contributed by atoms with Crippen molar-refractivity contribution in [1.82, 2.24) is 4.98 Å². The molecule has 1 aliphatic heterocycles. The van der Waals surface area contributed by atoms with E-state index in [0.29, 0.717) is 0 Å². The van der Waals surface area contributed by atoms with E-state index in [2.05, 4.69) is 15.0 Å². The van der Waals surface area contributed by atoms with E-state index in [1.54, 1.807) is 0 Å². The Labute approximate surface area is 64.9 Å². The van der Waals surface area contributed by atoms with Gasteiger partial charge < -0.3 is 4.98 Å². The van der Waals surface area contributed by atoms with Gasteiger partial charge in [-0.1, -0.05) is 0 Å². The van der Waals surface area contributed by atoms with Crippen molar-refractivity contribution < 1.29 is 0 Å². The molecule has 0 aromatic carbocycles. The van der Waals surface area contributed by atoms with Gasteiger partial charge in [-0.3, -0.25) is 4.99 Å². The Morgan fingerprint density at radius 1 is 1.45 bits per heavy atom. The molecule has 1 N–H and O–H groups in total. The summed E-state index contributed by atoms with van der Waals surface area (Å²) in [6.45, 7) is 0.859. The first kappa shape index (κ1) is 6.34. The minimum absolute atomic E-state index is 0.821. The zero-order valence-corrected chi connectivity index (χ0v) is 6.12. The van der Waals surface area contributed by atoms with Crippen LogP contribution in [0.15, 0.2) is 28.3 Å². The number of H-pyrrole nitrogens is 1. The molecular weight excluding hydrogens is 138 g/mol. The van der Waals surface area contributed by atoms with E-state index < -0.39 is 0 Å². The normalized spacial score (nSPS) is 16.5. The second-order valence-electron chi connectivity index (χ2n) is 2.39. The molecule has 0 unspecified atom stereocenters. The molecule has 0 saturated carbocycles. The summed E-state index contributed by atoms with van der Waals surface area (Å²) in [5.74, 6) is 0.821. The predicted octanol–water partition coefficient (Wildman–Crippen LogP) is 1.24. The predicted molar refractivity (Wildman–Crippen MR) is 45.3 cm³/mol. The van der Waals surface area contributed by atoms with Crippen molar-refractivity contribution in [2.75, 3.05) is 6.54 Å². The molecule has 2 rings (SSSR count). The van der Waals surface area contributed by atoms with Crippen molar-refractivity contribution in [1.29, 1.82) is 0 Å². The Hall–Kier alpha value is -1.38. The van der Waals surface area contributed by atoms with Crippen LogP contribution < -0.4 is 0 Å². The molecule has 11 heavy (non-hydrogen) atoms. The van der Waals surface area contributed by atoms with Gasteiger partial charge in [0, 0.05) is 25.4 Å². The van der Waals surface area contributed by atoms with Crippen LogP contribution in [0, 0.1) is 0 Å².